The first kappa shape index (κ1) is 26.1. The van der Waals surface area contributed by atoms with Crippen LogP contribution in [0.2, 0.25) is 0 Å². The lowest BCUT2D eigenvalue weighted by Crippen LogP contribution is -2.00. The first-order valence-corrected chi connectivity index (χ1v) is 12.4. The number of nitro groups is 3. The molecule has 3 N–H and O–H groups in total. The molecule has 0 saturated heterocycles. The van der Waals surface area contributed by atoms with Crippen LogP contribution in [0.4, 0.5) is 28.4 Å². The summed E-state index contributed by atoms with van der Waals surface area (Å²) in [6.07, 6.45) is 0.529. The van der Waals surface area contributed by atoms with Gasteiger partial charge in [-0.15, -0.1) is 24.4 Å². The molecule has 0 aliphatic rings. The normalized spacial score (nSPS) is 10.7. The standard InChI is InChI=1S/C21H19N5O6S3/c22-14-2-5-18(26(31)32)21(10-14)34-8-7-13-1-4-17(25(29)30)20(9-13)35-12-23-15-3-6-16(24(27)28)19(33)11-15/h1-6,9-11,23,33H,7-8,12,22H2. The minimum Gasteiger partial charge on any atom is -0.399 e. The summed E-state index contributed by atoms with van der Waals surface area (Å²) in [5, 5.41) is 36.7. The molecule has 0 spiro atoms. The number of hydrogen-bond acceptors (Lipinski definition) is 11. The van der Waals surface area contributed by atoms with E-state index in [-0.39, 0.29) is 27.8 Å². The number of thioether (sulfide) groups is 2. The number of nitrogens with zero attached hydrogens (tertiary/aromatic N) is 3. The molecule has 3 aromatic carbocycles. The average molecular weight is 534 g/mol. The van der Waals surface area contributed by atoms with Crippen LogP contribution in [0.15, 0.2) is 69.3 Å². The van der Waals surface area contributed by atoms with Crippen molar-refractivity contribution in [3.63, 3.8) is 0 Å². The van der Waals surface area contributed by atoms with Crippen molar-refractivity contribution in [2.75, 3.05) is 22.7 Å². The van der Waals surface area contributed by atoms with Crippen LogP contribution in [0.1, 0.15) is 5.56 Å². The SMILES string of the molecule is Nc1ccc([N+](=O)[O-])c(SCCc2ccc([N+](=O)[O-])c(SCNc3ccc([N+](=O)[O-])c(S)c3)c2)c1. The minimum absolute atomic E-state index is 0.0224. The minimum atomic E-state index is -0.529. The fourth-order valence-electron chi connectivity index (χ4n) is 3.04. The Hall–Kier alpha value is -3.49. The fraction of sp³-hybridized carbons (Fsp3) is 0.143. The summed E-state index contributed by atoms with van der Waals surface area (Å²) in [7, 11) is 0. The van der Waals surface area contributed by atoms with E-state index < -0.39 is 14.8 Å². The smallest absolute Gasteiger partial charge is 0.283 e. The van der Waals surface area contributed by atoms with Gasteiger partial charge in [-0.25, -0.2) is 0 Å². The van der Waals surface area contributed by atoms with Crippen LogP contribution in [0.25, 0.3) is 0 Å². The number of thiol groups is 1. The summed E-state index contributed by atoms with van der Waals surface area (Å²) < 4.78 is 0. The van der Waals surface area contributed by atoms with Crippen molar-refractivity contribution < 1.29 is 14.8 Å². The molecule has 3 aromatic rings. The first-order valence-electron chi connectivity index (χ1n) is 9.94. The highest BCUT2D eigenvalue weighted by Gasteiger charge is 2.17. The lowest BCUT2D eigenvalue weighted by atomic mass is 10.1. The highest BCUT2D eigenvalue weighted by molar-refractivity contribution is 7.99. The number of aryl methyl sites for hydroxylation is 1. The number of rotatable bonds is 11. The second-order valence-corrected chi connectivity index (χ2v) is 9.70. The molecule has 0 aromatic heterocycles. The molecule has 0 bridgehead atoms. The number of benzene rings is 3. The molecule has 0 atom stereocenters. The highest BCUT2D eigenvalue weighted by Crippen LogP contribution is 2.34. The summed E-state index contributed by atoms with van der Waals surface area (Å²) in [4.78, 5) is 33.3. The van der Waals surface area contributed by atoms with E-state index >= 15 is 0 Å². The zero-order valence-electron chi connectivity index (χ0n) is 17.9. The molecule has 11 nitrogen and oxygen atoms in total. The Bertz CT molecular complexity index is 1290. The predicted octanol–water partition coefficient (Wildman–Crippen LogP) is 5.78. The second kappa shape index (κ2) is 11.8. The van der Waals surface area contributed by atoms with Crippen LogP contribution in [0.5, 0.6) is 0 Å². The van der Waals surface area contributed by atoms with E-state index in [1.54, 1.807) is 18.2 Å². The van der Waals surface area contributed by atoms with Gasteiger partial charge in [0.25, 0.3) is 17.1 Å². The van der Waals surface area contributed by atoms with Crippen LogP contribution in [-0.2, 0) is 6.42 Å². The van der Waals surface area contributed by atoms with Crippen LogP contribution in [0, 0.1) is 30.3 Å². The molecular weight excluding hydrogens is 514 g/mol. The molecule has 0 unspecified atom stereocenters. The van der Waals surface area contributed by atoms with Gasteiger partial charge in [-0.1, -0.05) is 17.8 Å². The lowest BCUT2D eigenvalue weighted by Gasteiger charge is -2.09. The molecule has 0 aliphatic carbocycles. The van der Waals surface area contributed by atoms with Gasteiger partial charge in [-0.3, -0.25) is 30.3 Å². The lowest BCUT2D eigenvalue weighted by molar-refractivity contribution is -0.387. The first-order chi connectivity index (χ1) is 16.7. The molecule has 0 fully saturated rings. The Balaban J connectivity index is 1.66. The number of nitrogens with two attached hydrogens (primary N) is 1. The fourth-order valence-corrected chi connectivity index (χ4v) is 5.32. The van der Waals surface area contributed by atoms with Crippen molar-refractivity contribution in [2.45, 2.75) is 21.1 Å². The van der Waals surface area contributed by atoms with Gasteiger partial charge in [0.05, 0.1) is 35.3 Å². The van der Waals surface area contributed by atoms with Gasteiger partial charge in [0, 0.05) is 35.3 Å². The van der Waals surface area contributed by atoms with E-state index in [0.717, 1.165) is 5.56 Å². The Morgan fingerprint density at radius 1 is 0.800 bits per heavy atom. The second-order valence-electron chi connectivity index (χ2n) is 7.07. The van der Waals surface area contributed by atoms with Crippen molar-refractivity contribution in [3.05, 3.63) is 90.5 Å². The molecule has 0 radical (unpaired) electrons. The Labute approximate surface area is 213 Å². The quantitative estimate of drug-likeness (QED) is 0.0686. The van der Waals surface area contributed by atoms with E-state index in [2.05, 4.69) is 17.9 Å². The average Bonchev–Trinajstić information content (AvgIpc) is 2.79. The summed E-state index contributed by atoms with van der Waals surface area (Å²) in [5.41, 5.74) is 7.43. The summed E-state index contributed by atoms with van der Waals surface area (Å²) in [5.74, 6) is 0.789. The van der Waals surface area contributed by atoms with Gasteiger partial charge in [0.2, 0.25) is 0 Å². The van der Waals surface area contributed by atoms with Crippen molar-refractivity contribution in [1.82, 2.24) is 0 Å². The van der Waals surface area contributed by atoms with Crippen LogP contribution >= 0.6 is 36.2 Å². The molecule has 0 aliphatic heterocycles. The maximum Gasteiger partial charge on any atom is 0.283 e. The Kier molecular flexibility index (Phi) is 8.78. The molecule has 182 valence electrons. The topological polar surface area (TPSA) is 167 Å². The largest absolute Gasteiger partial charge is 0.399 e. The van der Waals surface area contributed by atoms with E-state index in [9.17, 15) is 30.3 Å². The van der Waals surface area contributed by atoms with Gasteiger partial charge in [0.15, 0.2) is 0 Å². The van der Waals surface area contributed by atoms with Gasteiger partial charge >= 0.3 is 0 Å². The van der Waals surface area contributed by atoms with Gasteiger partial charge in [-0.2, -0.15) is 0 Å². The summed E-state index contributed by atoms with van der Waals surface area (Å²) in [6.45, 7) is 0. The van der Waals surface area contributed by atoms with Crippen molar-refractivity contribution in [1.29, 1.82) is 0 Å². The third kappa shape index (κ3) is 7.00. The van der Waals surface area contributed by atoms with E-state index in [0.29, 0.717) is 33.3 Å². The zero-order chi connectivity index (χ0) is 25.5. The molecule has 0 amide bonds. The van der Waals surface area contributed by atoms with Gasteiger partial charge < -0.3 is 11.1 Å². The molecule has 3 rings (SSSR count). The van der Waals surface area contributed by atoms with Gasteiger partial charge in [0.1, 0.15) is 0 Å². The number of nitrogen functional groups attached to an aromatic ring is 1. The third-order valence-electron chi connectivity index (χ3n) is 4.73. The van der Waals surface area contributed by atoms with E-state index in [1.165, 1.54) is 59.9 Å². The number of anilines is 2. The molecule has 14 heteroatoms. The van der Waals surface area contributed by atoms with Crippen molar-refractivity contribution >= 4 is 64.6 Å². The van der Waals surface area contributed by atoms with Crippen molar-refractivity contribution in [2.24, 2.45) is 0 Å². The van der Waals surface area contributed by atoms with Crippen molar-refractivity contribution in [3.8, 4) is 0 Å². The van der Waals surface area contributed by atoms with E-state index in [4.69, 9.17) is 5.73 Å². The van der Waals surface area contributed by atoms with E-state index in [1.807, 2.05) is 0 Å². The Morgan fingerprint density at radius 2 is 1.40 bits per heavy atom. The maximum absolute atomic E-state index is 11.5. The third-order valence-corrected chi connectivity index (χ3v) is 7.06. The maximum atomic E-state index is 11.5. The van der Waals surface area contributed by atoms with Crippen LogP contribution in [-0.4, -0.2) is 26.4 Å². The van der Waals surface area contributed by atoms with Gasteiger partial charge in [-0.05, 0) is 42.3 Å². The zero-order valence-corrected chi connectivity index (χ0v) is 20.5. The number of hydrogen-bond donors (Lipinski definition) is 3. The predicted molar refractivity (Wildman–Crippen MR) is 140 cm³/mol. The monoisotopic (exact) mass is 533 g/mol. The highest BCUT2D eigenvalue weighted by atomic mass is 32.2. The number of nitro benzene ring substituents is 3. The molecule has 35 heavy (non-hydrogen) atoms. The summed E-state index contributed by atoms with van der Waals surface area (Å²) >= 11 is 6.62. The molecule has 0 saturated carbocycles. The Morgan fingerprint density at radius 3 is 2.03 bits per heavy atom. The number of nitrogens with one attached hydrogen (secondary N) is 1. The van der Waals surface area contributed by atoms with Crippen LogP contribution in [0.3, 0.4) is 0 Å². The molecular formula is C21H19N5O6S3. The molecule has 0 heterocycles. The summed E-state index contributed by atoms with van der Waals surface area (Å²) in [6, 6.07) is 13.6. The van der Waals surface area contributed by atoms with Crippen LogP contribution < -0.4 is 11.1 Å².